The molecule has 0 amide bonds. The highest BCUT2D eigenvalue weighted by molar-refractivity contribution is 5.42. The first-order valence-corrected chi connectivity index (χ1v) is 4.48. The van der Waals surface area contributed by atoms with Crippen LogP contribution < -0.4 is 0 Å². The van der Waals surface area contributed by atoms with Gasteiger partial charge in [0.15, 0.2) is 0 Å². The van der Waals surface area contributed by atoms with Crippen LogP contribution in [0.25, 0.3) is 0 Å². The van der Waals surface area contributed by atoms with E-state index in [4.69, 9.17) is 0 Å². The quantitative estimate of drug-likeness (QED) is 0.666. The van der Waals surface area contributed by atoms with E-state index in [2.05, 4.69) is 0 Å². The minimum Gasteiger partial charge on any atom is -0.388 e. The molecule has 0 aliphatic heterocycles. The lowest BCUT2D eigenvalue weighted by atomic mass is 10.0. The van der Waals surface area contributed by atoms with Crippen LogP contribution in [0.4, 0.5) is 17.6 Å². The standard InChI is InChI=1S/C10H8F4O/c11-7-3-2-6(10(12,13)14)5-1-4-8(15)9(5)7/h2-3,8,15H,1,4H2. The van der Waals surface area contributed by atoms with Crippen molar-refractivity contribution in [3.05, 3.63) is 34.6 Å². The second-order valence-corrected chi connectivity index (χ2v) is 3.54. The molecule has 15 heavy (non-hydrogen) atoms. The van der Waals surface area contributed by atoms with Gasteiger partial charge in [0.2, 0.25) is 0 Å². The first kappa shape index (κ1) is 10.4. The average Bonchev–Trinajstić information content (AvgIpc) is 2.47. The third kappa shape index (κ3) is 1.61. The molecule has 1 nitrogen and oxygen atoms in total. The summed E-state index contributed by atoms with van der Waals surface area (Å²) < 4.78 is 50.7. The molecule has 1 N–H and O–H groups in total. The number of hydrogen-bond donors (Lipinski definition) is 1. The fraction of sp³-hybridized carbons (Fsp3) is 0.400. The number of hydrogen-bond acceptors (Lipinski definition) is 1. The van der Waals surface area contributed by atoms with Crippen LogP contribution >= 0.6 is 0 Å². The average molecular weight is 220 g/mol. The maximum atomic E-state index is 13.2. The number of halogens is 4. The number of aliphatic hydroxyl groups excluding tert-OH is 1. The van der Waals surface area contributed by atoms with E-state index in [1.54, 1.807) is 0 Å². The molecule has 0 heterocycles. The first-order chi connectivity index (χ1) is 6.91. The molecule has 2 rings (SSSR count). The molecule has 0 aromatic heterocycles. The Bertz CT molecular complexity index is 397. The zero-order valence-corrected chi connectivity index (χ0v) is 7.61. The predicted molar refractivity (Wildman–Crippen MR) is 44.7 cm³/mol. The maximum Gasteiger partial charge on any atom is 0.416 e. The lowest BCUT2D eigenvalue weighted by Crippen LogP contribution is -2.10. The molecule has 0 saturated heterocycles. The Balaban J connectivity index is 2.63. The number of rotatable bonds is 0. The Labute approximate surface area is 83.3 Å². The predicted octanol–water partition coefficient (Wildman–Crippen LogP) is 2.82. The van der Waals surface area contributed by atoms with Crippen LogP contribution in [0, 0.1) is 5.82 Å². The summed E-state index contributed by atoms with van der Waals surface area (Å²) in [5, 5.41) is 9.35. The Hall–Kier alpha value is -1.10. The van der Waals surface area contributed by atoms with E-state index < -0.39 is 23.7 Å². The largest absolute Gasteiger partial charge is 0.416 e. The monoisotopic (exact) mass is 220 g/mol. The van der Waals surface area contributed by atoms with Crippen molar-refractivity contribution in [1.82, 2.24) is 0 Å². The Kier molecular flexibility index (Phi) is 2.22. The second kappa shape index (κ2) is 3.20. The molecule has 0 bridgehead atoms. The van der Waals surface area contributed by atoms with Crippen molar-refractivity contribution < 1.29 is 22.7 Å². The van der Waals surface area contributed by atoms with Gasteiger partial charge in [-0.3, -0.25) is 0 Å². The van der Waals surface area contributed by atoms with Crippen molar-refractivity contribution in [1.29, 1.82) is 0 Å². The van der Waals surface area contributed by atoms with E-state index in [0.29, 0.717) is 0 Å². The third-order valence-corrected chi connectivity index (χ3v) is 2.61. The minimum absolute atomic E-state index is 0.0725. The molecule has 5 heteroatoms. The van der Waals surface area contributed by atoms with Crippen LogP contribution in [0.5, 0.6) is 0 Å². The summed E-state index contributed by atoms with van der Waals surface area (Å²) in [7, 11) is 0. The summed E-state index contributed by atoms with van der Waals surface area (Å²) in [5.41, 5.74) is -1.13. The Morgan fingerprint density at radius 2 is 1.93 bits per heavy atom. The molecule has 0 fully saturated rings. The van der Waals surface area contributed by atoms with Gasteiger partial charge in [0.1, 0.15) is 5.82 Å². The van der Waals surface area contributed by atoms with Gasteiger partial charge in [0.05, 0.1) is 11.7 Å². The molecule has 1 atom stereocenters. The van der Waals surface area contributed by atoms with Gasteiger partial charge in [-0.25, -0.2) is 4.39 Å². The molecule has 1 aliphatic carbocycles. The third-order valence-electron chi connectivity index (χ3n) is 2.61. The summed E-state index contributed by atoms with van der Waals surface area (Å²) in [6.07, 6.45) is -5.37. The normalized spacial score (nSPS) is 20.5. The minimum atomic E-state index is -4.48. The van der Waals surface area contributed by atoms with Crippen molar-refractivity contribution in [3.8, 4) is 0 Å². The van der Waals surface area contributed by atoms with Gasteiger partial charge in [0.25, 0.3) is 0 Å². The number of benzene rings is 1. The van der Waals surface area contributed by atoms with Gasteiger partial charge in [-0.15, -0.1) is 0 Å². The van der Waals surface area contributed by atoms with Crippen LogP contribution in [-0.4, -0.2) is 5.11 Å². The number of alkyl halides is 3. The van der Waals surface area contributed by atoms with E-state index >= 15 is 0 Å². The summed E-state index contributed by atoms with van der Waals surface area (Å²) in [6.45, 7) is 0. The van der Waals surface area contributed by atoms with Gasteiger partial charge >= 0.3 is 6.18 Å². The van der Waals surface area contributed by atoms with Crippen LogP contribution in [0.2, 0.25) is 0 Å². The summed E-state index contributed by atoms with van der Waals surface area (Å²) in [6, 6.07) is 1.49. The Morgan fingerprint density at radius 1 is 1.27 bits per heavy atom. The van der Waals surface area contributed by atoms with Gasteiger partial charge in [0, 0.05) is 5.56 Å². The molecule has 0 spiro atoms. The van der Waals surface area contributed by atoms with Crippen LogP contribution in [-0.2, 0) is 12.6 Å². The maximum absolute atomic E-state index is 13.2. The van der Waals surface area contributed by atoms with E-state index in [-0.39, 0.29) is 24.0 Å². The zero-order chi connectivity index (χ0) is 11.2. The fourth-order valence-electron chi connectivity index (χ4n) is 1.96. The van der Waals surface area contributed by atoms with Crippen molar-refractivity contribution in [3.63, 3.8) is 0 Å². The van der Waals surface area contributed by atoms with Crippen LogP contribution in [0.1, 0.15) is 29.2 Å². The molecule has 1 aromatic rings. The number of aliphatic hydroxyl groups is 1. The van der Waals surface area contributed by atoms with E-state index in [0.717, 1.165) is 12.1 Å². The van der Waals surface area contributed by atoms with Gasteiger partial charge < -0.3 is 5.11 Å². The fourth-order valence-corrected chi connectivity index (χ4v) is 1.96. The lowest BCUT2D eigenvalue weighted by Gasteiger charge is -2.13. The van der Waals surface area contributed by atoms with Crippen LogP contribution in [0.3, 0.4) is 0 Å². The highest BCUT2D eigenvalue weighted by Crippen LogP contribution is 2.41. The molecule has 0 saturated carbocycles. The van der Waals surface area contributed by atoms with Crippen molar-refractivity contribution in [2.45, 2.75) is 25.1 Å². The smallest absolute Gasteiger partial charge is 0.388 e. The zero-order valence-electron chi connectivity index (χ0n) is 7.61. The van der Waals surface area contributed by atoms with E-state index in [9.17, 15) is 22.7 Å². The second-order valence-electron chi connectivity index (χ2n) is 3.54. The highest BCUT2D eigenvalue weighted by atomic mass is 19.4. The summed E-state index contributed by atoms with van der Waals surface area (Å²) >= 11 is 0. The van der Waals surface area contributed by atoms with Gasteiger partial charge in [-0.2, -0.15) is 13.2 Å². The molecule has 1 aromatic carbocycles. The van der Waals surface area contributed by atoms with Gasteiger partial charge in [-0.05, 0) is 30.5 Å². The summed E-state index contributed by atoms with van der Waals surface area (Å²) in [5.74, 6) is -0.761. The summed E-state index contributed by atoms with van der Waals surface area (Å²) in [4.78, 5) is 0. The molecular weight excluding hydrogens is 212 g/mol. The van der Waals surface area contributed by atoms with Crippen molar-refractivity contribution >= 4 is 0 Å². The lowest BCUT2D eigenvalue weighted by molar-refractivity contribution is -0.138. The van der Waals surface area contributed by atoms with Crippen LogP contribution in [0.15, 0.2) is 12.1 Å². The molecular formula is C10H8F4O. The SMILES string of the molecule is OC1CCc2c(C(F)(F)F)ccc(F)c21. The molecule has 1 aliphatic rings. The van der Waals surface area contributed by atoms with Crippen molar-refractivity contribution in [2.24, 2.45) is 0 Å². The molecule has 82 valence electrons. The first-order valence-electron chi connectivity index (χ1n) is 4.48. The topological polar surface area (TPSA) is 20.2 Å². The van der Waals surface area contributed by atoms with Crippen molar-refractivity contribution in [2.75, 3.05) is 0 Å². The number of fused-ring (bicyclic) bond motifs is 1. The molecule has 0 radical (unpaired) electrons. The Morgan fingerprint density at radius 3 is 2.53 bits per heavy atom. The van der Waals surface area contributed by atoms with E-state index in [1.165, 1.54) is 0 Å². The van der Waals surface area contributed by atoms with Gasteiger partial charge in [-0.1, -0.05) is 0 Å². The highest BCUT2D eigenvalue weighted by Gasteiger charge is 2.38. The molecule has 1 unspecified atom stereocenters. The van der Waals surface area contributed by atoms with E-state index in [1.807, 2.05) is 0 Å².